The summed E-state index contributed by atoms with van der Waals surface area (Å²) < 4.78 is 0. The molecule has 1 amide bonds. The summed E-state index contributed by atoms with van der Waals surface area (Å²) in [5, 5.41) is 1.20. The molecule has 0 unspecified atom stereocenters. The average Bonchev–Trinajstić information content (AvgIpc) is 2.27. The van der Waals surface area contributed by atoms with E-state index in [2.05, 4.69) is 4.98 Å². The first-order valence-corrected chi connectivity index (χ1v) is 4.85. The maximum atomic E-state index is 11.9. The highest BCUT2D eigenvalue weighted by Gasteiger charge is 2.17. The molecule has 0 fully saturated rings. The van der Waals surface area contributed by atoms with Crippen LogP contribution in [0.5, 0.6) is 0 Å². The molecule has 0 bridgehead atoms. The summed E-state index contributed by atoms with van der Waals surface area (Å²) >= 11 is 0. The second-order valence-corrected chi connectivity index (χ2v) is 3.58. The van der Waals surface area contributed by atoms with Gasteiger partial charge in [-0.3, -0.25) is 14.6 Å². The largest absolute Gasteiger partial charge is 0.279 e. The van der Waals surface area contributed by atoms with Crippen LogP contribution in [-0.2, 0) is 4.84 Å². The van der Waals surface area contributed by atoms with Crippen molar-refractivity contribution in [3.05, 3.63) is 29.6 Å². The van der Waals surface area contributed by atoms with Gasteiger partial charge in [-0.15, -0.1) is 0 Å². The van der Waals surface area contributed by atoms with Gasteiger partial charge in [0.05, 0.1) is 18.4 Å². The molecule has 0 aromatic carbocycles. The van der Waals surface area contributed by atoms with Gasteiger partial charge in [0.2, 0.25) is 0 Å². The Labute approximate surface area is 89.8 Å². The third kappa shape index (κ3) is 2.53. The maximum absolute atomic E-state index is 11.9. The second kappa shape index (κ2) is 4.89. The SMILES string of the molecule is CON(C)C(=O)c1cccnc1C(C)C. The quantitative estimate of drug-likeness (QED) is 0.712. The van der Waals surface area contributed by atoms with Crippen LogP contribution < -0.4 is 0 Å². The van der Waals surface area contributed by atoms with Crippen LogP contribution in [0.2, 0.25) is 0 Å². The van der Waals surface area contributed by atoms with E-state index in [1.165, 1.54) is 12.2 Å². The van der Waals surface area contributed by atoms with Gasteiger partial charge in [0.1, 0.15) is 0 Å². The van der Waals surface area contributed by atoms with Gasteiger partial charge in [0, 0.05) is 13.2 Å². The fourth-order valence-electron chi connectivity index (χ4n) is 1.31. The van der Waals surface area contributed by atoms with Gasteiger partial charge >= 0.3 is 0 Å². The van der Waals surface area contributed by atoms with Gasteiger partial charge < -0.3 is 0 Å². The number of amides is 1. The molecular weight excluding hydrogens is 192 g/mol. The molecule has 82 valence electrons. The van der Waals surface area contributed by atoms with Crippen LogP contribution in [0.25, 0.3) is 0 Å². The van der Waals surface area contributed by atoms with Gasteiger partial charge in [-0.25, -0.2) is 5.06 Å². The van der Waals surface area contributed by atoms with Crippen LogP contribution in [0.1, 0.15) is 35.8 Å². The molecule has 0 saturated carbocycles. The third-order valence-electron chi connectivity index (χ3n) is 2.18. The molecule has 0 radical (unpaired) electrons. The van der Waals surface area contributed by atoms with Gasteiger partial charge in [-0.05, 0) is 18.1 Å². The number of nitrogens with zero attached hydrogens (tertiary/aromatic N) is 2. The van der Waals surface area contributed by atoms with Gasteiger partial charge in [-0.1, -0.05) is 13.8 Å². The van der Waals surface area contributed by atoms with Crippen molar-refractivity contribution in [1.29, 1.82) is 0 Å². The normalized spacial score (nSPS) is 10.5. The van der Waals surface area contributed by atoms with Crippen molar-refractivity contribution in [2.75, 3.05) is 14.2 Å². The Kier molecular flexibility index (Phi) is 3.80. The number of hydrogen-bond acceptors (Lipinski definition) is 3. The molecule has 0 spiro atoms. The molecule has 4 nitrogen and oxygen atoms in total. The van der Waals surface area contributed by atoms with E-state index in [1.807, 2.05) is 13.8 Å². The lowest BCUT2D eigenvalue weighted by atomic mass is 10.0. The summed E-state index contributed by atoms with van der Waals surface area (Å²) in [6, 6.07) is 3.52. The highest BCUT2D eigenvalue weighted by molar-refractivity contribution is 5.94. The minimum absolute atomic E-state index is 0.172. The lowest BCUT2D eigenvalue weighted by Crippen LogP contribution is -2.26. The second-order valence-electron chi connectivity index (χ2n) is 3.58. The first-order chi connectivity index (χ1) is 7.07. The lowest BCUT2D eigenvalue weighted by Gasteiger charge is -2.16. The molecule has 1 aromatic rings. The summed E-state index contributed by atoms with van der Waals surface area (Å²) in [6.07, 6.45) is 1.69. The van der Waals surface area contributed by atoms with Crippen molar-refractivity contribution >= 4 is 5.91 Å². The molecule has 0 aliphatic heterocycles. The van der Waals surface area contributed by atoms with Crippen LogP contribution >= 0.6 is 0 Å². The fourth-order valence-corrected chi connectivity index (χ4v) is 1.31. The number of rotatable bonds is 3. The van der Waals surface area contributed by atoms with Gasteiger partial charge in [0.25, 0.3) is 5.91 Å². The molecule has 15 heavy (non-hydrogen) atoms. The minimum Gasteiger partial charge on any atom is -0.274 e. The Morgan fingerprint density at radius 3 is 2.73 bits per heavy atom. The molecule has 1 aromatic heterocycles. The van der Waals surface area contributed by atoms with Gasteiger partial charge in [-0.2, -0.15) is 0 Å². The van der Waals surface area contributed by atoms with Crippen molar-refractivity contribution < 1.29 is 9.63 Å². The summed E-state index contributed by atoms with van der Waals surface area (Å²) in [7, 11) is 3.04. The number of hydroxylamine groups is 2. The molecule has 1 heterocycles. The number of aromatic nitrogens is 1. The van der Waals surface area contributed by atoms with Crippen molar-refractivity contribution in [2.24, 2.45) is 0 Å². The highest BCUT2D eigenvalue weighted by Crippen LogP contribution is 2.17. The average molecular weight is 208 g/mol. The predicted octanol–water partition coefficient (Wildman–Crippen LogP) is 1.84. The topological polar surface area (TPSA) is 42.4 Å². The zero-order chi connectivity index (χ0) is 11.4. The molecule has 0 atom stereocenters. The monoisotopic (exact) mass is 208 g/mol. The number of carbonyl (C=O) groups excluding carboxylic acids is 1. The summed E-state index contributed by atoms with van der Waals surface area (Å²) in [5.74, 6) is 0.0460. The van der Waals surface area contributed by atoms with Crippen LogP contribution in [0.3, 0.4) is 0 Å². The van der Waals surface area contributed by atoms with Crippen molar-refractivity contribution in [3.63, 3.8) is 0 Å². The maximum Gasteiger partial charge on any atom is 0.279 e. The molecule has 1 rings (SSSR count). The van der Waals surface area contributed by atoms with E-state index < -0.39 is 0 Å². The first kappa shape index (κ1) is 11.7. The van der Waals surface area contributed by atoms with Gasteiger partial charge in [0.15, 0.2) is 0 Å². The first-order valence-electron chi connectivity index (χ1n) is 4.85. The molecule has 0 aliphatic carbocycles. The van der Waals surface area contributed by atoms with Crippen LogP contribution in [0.15, 0.2) is 18.3 Å². The van der Waals surface area contributed by atoms with Crippen molar-refractivity contribution in [2.45, 2.75) is 19.8 Å². The lowest BCUT2D eigenvalue weighted by molar-refractivity contribution is -0.0758. The Bertz CT molecular complexity index is 350. The predicted molar refractivity (Wildman–Crippen MR) is 57.4 cm³/mol. The Balaban J connectivity index is 3.08. The standard InChI is InChI=1S/C11H16N2O2/c1-8(2)10-9(6-5-7-12-10)11(14)13(3)15-4/h5-8H,1-4H3. The van der Waals surface area contributed by atoms with E-state index in [0.717, 1.165) is 5.69 Å². The van der Waals surface area contributed by atoms with E-state index in [9.17, 15) is 4.79 Å². The zero-order valence-corrected chi connectivity index (χ0v) is 9.52. The number of pyridine rings is 1. The van der Waals surface area contributed by atoms with E-state index in [0.29, 0.717) is 5.56 Å². The van der Waals surface area contributed by atoms with E-state index in [4.69, 9.17) is 4.84 Å². The van der Waals surface area contributed by atoms with Crippen LogP contribution in [0, 0.1) is 0 Å². The third-order valence-corrected chi connectivity index (χ3v) is 2.18. The number of carbonyl (C=O) groups is 1. The Hall–Kier alpha value is -1.42. The Morgan fingerprint density at radius 2 is 2.20 bits per heavy atom. The molecule has 0 aliphatic rings. The number of hydrogen-bond donors (Lipinski definition) is 0. The summed E-state index contributed by atoms with van der Waals surface area (Å²) in [4.78, 5) is 20.9. The van der Waals surface area contributed by atoms with Crippen molar-refractivity contribution in [3.8, 4) is 0 Å². The fraction of sp³-hybridized carbons (Fsp3) is 0.455. The molecular formula is C11H16N2O2. The van der Waals surface area contributed by atoms with Crippen LogP contribution in [-0.4, -0.2) is 30.1 Å². The minimum atomic E-state index is -0.172. The smallest absolute Gasteiger partial charge is 0.274 e. The molecule has 0 saturated heterocycles. The van der Waals surface area contributed by atoms with E-state index in [-0.39, 0.29) is 11.8 Å². The summed E-state index contributed by atoms with van der Waals surface area (Å²) in [6.45, 7) is 4.01. The molecule has 0 N–H and O–H groups in total. The molecule has 4 heteroatoms. The Morgan fingerprint density at radius 1 is 1.53 bits per heavy atom. The van der Waals surface area contributed by atoms with Crippen molar-refractivity contribution in [1.82, 2.24) is 10.0 Å². The van der Waals surface area contributed by atoms with Crippen LogP contribution in [0.4, 0.5) is 0 Å². The highest BCUT2D eigenvalue weighted by atomic mass is 16.7. The zero-order valence-electron chi connectivity index (χ0n) is 9.52. The van der Waals surface area contributed by atoms with E-state index >= 15 is 0 Å². The summed E-state index contributed by atoms with van der Waals surface area (Å²) in [5.41, 5.74) is 1.39. The van der Waals surface area contributed by atoms with E-state index in [1.54, 1.807) is 25.4 Å².